The van der Waals surface area contributed by atoms with E-state index in [9.17, 15) is 18.0 Å². The van der Waals surface area contributed by atoms with Crippen molar-refractivity contribution in [3.63, 3.8) is 0 Å². The van der Waals surface area contributed by atoms with Crippen molar-refractivity contribution in [2.45, 2.75) is 26.1 Å². The second-order valence-corrected chi connectivity index (χ2v) is 8.46. The summed E-state index contributed by atoms with van der Waals surface area (Å²) < 4.78 is 38.4. The highest BCUT2D eigenvalue weighted by atomic mass is 19.4. The molecular formula is C25H25F3N4O. The molecule has 172 valence electrons. The molecule has 1 atom stereocenters. The first-order chi connectivity index (χ1) is 15.7. The minimum atomic E-state index is -4.36. The number of piperazine rings is 1. The van der Waals surface area contributed by atoms with Gasteiger partial charge in [0, 0.05) is 37.6 Å². The fourth-order valence-electron chi connectivity index (χ4n) is 4.09. The Morgan fingerprint density at radius 2 is 1.52 bits per heavy atom. The van der Waals surface area contributed by atoms with Crippen LogP contribution in [0.15, 0.2) is 67.0 Å². The van der Waals surface area contributed by atoms with Crippen LogP contribution in [-0.2, 0) is 6.18 Å². The number of hydrogen-bond acceptors (Lipinski definition) is 4. The number of anilines is 1. The second-order valence-electron chi connectivity index (χ2n) is 8.46. The van der Waals surface area contributed by atoms with Crippen molar-refractivity contribution in [2.24, 2.45) is 5.92 Å². The van der Waals surface area contributed by atoms with Crippen molar-refractivity contribution in [3.8, 4) is 11.1 Å². The summed E-state index contributed by atoms with van der Waals surface area (Å²) >= 11 is 0. The van der Waals surface area contributed by atoms with Gasteiger partial charge in [0.05, 0.1) is 11.6 Å². The molecule has 1 saturated heterocycles. The minimum Gasteiger partial charge on any atom is -0.337 e. The van der Waals surface area contributed by atoms with E-state index in [1.165, 1.54) is 12.1 Å². The Balaban J connectivity index is 1.49. The van der Waals surface area contributed by atoms with Crippen LogP contribution in [0.25, 0.3) is 11.1 Å². The monoisotopic (exact) mass is 454 g/mol. The summed E-state index contributed by atoms with van der Waals surface area (Å²) in [5, 5.41) is 0. The number of nitrogens with zero attached hydrogens (tertiary/aromatic N) is 4. The van der Waals surface area contributed by atoms with Crippen molar-refractivity contribution in [1.82, 2.24) is 14.9 Å². The molecule has 3 aromatic rings. The summed E-state index contributed by atoms with van der Waals surface area (Å²) in [4.78, 5) is 26.0. The average Bonchev–Trinajstić information content (AvgIpc) is 2.83. The predicted molar refractivity (Wildman–Crippen MR) is 121 cm³/mol. The quantitative estimate of drug-likeness (QED) is 0.547. The van der Waals surface area contributed by atoms with Gasteiger partial charge in [-0.25, -0.2) is 9.97 Å². The number of benzene rings is 2. The molecule has 0 bridgehead atoms. The molecule has 0 spiro atoms. The zero-order valence-electron chi connectivity index (χ0n) is 18.5. The van der Waals surface area contributed by atoms with Gasteiger partial charge in [-0.2, -0.15) is 13.2 Å². The Morgan fingerprint density at radius 3 is 2.06 bits per heavy atom. The number of amides is 1. The summed E-state index contributed by atoms with van der Waals surface area (Å²) in [6.07, 6.45) is -0.941. The topological polar surface area (TPSA) is 49.3 Å². The number of carbonyl (C=O) groups excluding carboxylic acids is 1. The number of hydrogen-bond donors (Lipinski definition) is 0. The fraction of sp³-hybridized carbons (Fsp3) is 0.320. The third-order valence-electron chi connectivity index (χ3n) is 5.96. The molecular weight excluding hydrogens is 429 g/mol. The smallest absolute Gasteiger partial charge is 0.337 e. The molecule has 0 aliphatic carbocycles. The summed E-state index contributed by atoms with van der Waals surface area (Å²) in [7, 11) is 0. The van der Waals surface area contributed by atoms with Gasteiger partial charge in [-0.15, -0.1) is 0 Å². The Hall–Kier alpha value is -3.42. The molecule has 4 rings (SSSR count). The van der Waals surface area contributed by atoms with Gasteiger partial charge in [0.2, 0.25) is 5.95 Å². The lowest BCUT2D eigenvalue weighted by molar-refractivity contribution is -0.137. The molecule has 1 fully saturated rings. The third kappa shape index (κ3) is 4.99. The van der Waals surface area contributed by atoms with Gasteiger partial charge < -0.3 is 9.80 Å². The molecule has 1 aromatic heterocycles. The van der Waals surface area contributed by atoms with E-state index in [0.717, 1.165) is 17.7 Å². The van der Waals surface area contributed by atoms with Gasteiger partial charge in [-0.1, -0.05) is 38.1 Å². The van der Waals surface area contributed by atoms with E-state index < -0.39 is 11.7 Å². The van der Waals surface area contributed by atoms with Crippen LogP contribution in [0, 0.1) is 5.92 Å². The summed E-state index contributed by atoms with van der Waals surface area (Å²) in [5.74, 6) is 0.851. The van der Waals surface area contributed by atoms with E-state index in [2.05, 4.69) is 28.7 Å². The summed E-state index contributed by atoms with van der Waals surface area (Å²) in [6.45, 7) is 6.03. The van der Waals surface area contributed by atoms with E-state index >= 15 is 0 Å². The molecule has 0 N–H and O–H groups in total. The SMILES string of the molecule is CC(C)[C@H]1CN(c2ncccn2)CCN1C(=O)c1ccc(-c2ccc(C(F)(F)F)cc2)cc1. The maximum Gasteiger partial charge on any atom is 0.416 e. The number of aromatic nitrogens is 2. The Kier molecular flexibility index (Phi) is 6.35. The standard InChI is InChI=1S/C25H25F3N4O/c1-17(2)22-16-31(24-29-12-3-13-30-24)14-15-32(22)23(33)20-6-4-18(5-7-20)19-8-10-21(11-9-19)25(26,27)28/h3-13,17,22H,14-16H2,1-2H3/t22-/m1/s1. The van der Waals surface area contributed by atoms with E-state index in [0.29, 0.717) is 36.7 Å². The Morgan fingerprint density at radius 1 is 0.939 bits per heavy atom. The molecule has 8 heteroatoms. The van der Waals surface area contributed by atoms with Gasteiger partial charge >= 0.3 is 6.18 Å². The third-order valence-corrected chi connectivity index (χ3v) is 5.96. The van der Waals surface area contributed by atoms with Gasteiger partial charge in [-0.05, 0) is 47.4 Å². The Labute approximate surface area is 190 Å². The number of alkyl halides is 3. The Bertz CT molecular complexity index is 1080. The van der Waals surface area contributed by atoms with Crippen LogP contribution in [0.2, 0.25) is 0 Å². The maximum atomic E-state index is 13.3. The fourth-order valence-corrected chi connectivity index (χ4v) is 4.09. The normalized spacial score (nSPS) is 16.8. The summed E-state index contributed by atoms with van der Waals surface area (Å²) in [6, 6.07) is 13.8. The van der Waals surface area contributed by atoms with Gasteiger partial charge in [0.25, 0.3) is 5.91 Å². The highest BCUT2D eigenvalue weighted by Gasteiger charge is 2.34. The van der Waals surface area contributed by atoms with Crippen LogP contribution < -0.4 is 4.90 Å². The lowest BCUT2D eigenvalue weighted by atomic mass is 9.97. The van der Waals surface area contributed by atoms with Crippen LogP contribution in [0.5, 0.6) is 0 Å². The van der Waals surface area contributed by atoms with Crippen molar-refractivity contribution < 1.29 is 18.0 Å². The van der Waals surface area contributed by atoms with Crippen molar-refractivity contribution in [2.75, 3.05) is 24.5 Å². The molecule has 0 saturated carbocycles. The van der Waals surface area contributed by atoms with Crippen molar-refractivity contribution in [3.05, 3.63) is 78.1 Å². The van der Waals surface area contributed by atoms with E-state index in [1.54, 1.807) is 42.7 Å². The van der Waals surface area contributed by atoms with Crippen LogP contribution in [0.1, 0.15) is 29.8 Å². The molecule has 5 nitrogen and oxygen atoms in total. The van der Waals surface area contributed by atoms with Gasteiger partial charge in [0.1, 0.15) is 0 Å². The highest BCUT2D eigenvalue weighted by Crippen LogP contribution is 2.31. The molecule has 0 unspecified atom stereocenters. The van der Waals surface area contributed by atoms with Gasteiger partial charge in [-0.3, -0.25) is 4.79 Å². The predicted octanol–water partition coefficient (Wildman–Crippen LogP) is 5.15. The minimum absolute atomic E-state index is 0.00430. The molecule has 2 heterocycles. The maximum absolute atomic E-state index is 13.3. The molecule has 2 aromatic carbocycles. The van der Waals surface area contributed by atoms with Gasteiger partial charge in [0.15, 0.2) is 0 Å². The van der Waals surface area contributed by atoms with Crippen LogP contribution in [0.4, 0.5) is 19.1 Å². The van der Waals surface area contributed by atoms with Crippen molar-refractivity contribution in [1.29, 1.82) is 0 Å². The lowest BCUT2D eigenvalue weighted by Crippen LogP contribution is -2.57. The van der Waals surface area contributed by atoms with Crippen LogP contribution in [-0.4, -0.2) is 46.5 Å². The van der Waals surface area contributed by atoms with E-state index in [1.807, 2.05) is 4.90 Å². The molecule has 1 aliphatic heterocycles. The number of halogens is 3. The lowest BCUT2D eigenvalue weighted by Gasteiger charge is -2.43. The molecule has 1 amide bonds. The van der Waals surface area contributed by atoms with Crippen molar-refractivity contribution >= 4 is 11.9 Å². The van der Waals surface area contributed by atoms with Crippen LogP contribution in [0.3, 0.4) is 0 Å². The first kappa shape index (κ1) is 22.8. The summed E-state index contributed by atoms with van der Waals surface area (Å²) in [5.41, 5.74) is 1.30. The van der Waals surface area contributed by atoms with E-state index in [-0.39, 0.29) is 17.9 Å². The second kappa shape index (κ2) is 9.21. The van der Waals surface area contributed by atoms with Crippen LogP contribution >= 0.6 is 0 Å². The zero-order valence-corrected chi connectivity index (χ0v) is 18.5. The first-order valence-corrected chi connectivity index (χ1v) is 10.8. The average molecular weight is 454 g/mol. The molecule has 1 aliphatic rings. The van der Waals surface area contributed by atoms with E-state index in [4.69, 9.17) is 0 Å². The zero-order chi connectivity index (χ0) is 23.6. The largest absolute Gasteiger partial charge is 0.416 e. The number of rotatable bonds is 4. The molecule has 0 radical (unpaired) electrons. The first-order valence-electron chi connectivity index (χ1n) is 10.8. The molecule has 33 heavy (non-hydrogen) atoms. The number of carbonyl (C=O) groups is 1. The highest BCUT2D eigenvalue weighted by molar-refractivity contribution is 5.95.